The zero-order valence-corrected chi connectivity index (χ0v) is 22.5. The molecule has 200 valence electrons. The van der Waals surface area contributed by atoms with E-state index in [1.807, 2.05) is 0 Å². The van der Waals surface area contributed by atoms with E-state index >= 15 is 0 Å². The molecule has 1 aromatic carbocycles. The lowest BCUT2D eigenvalue weighted by Crippen LogP contribution is -2.21. The van der Waals surface area contributed by atoms with Crippen LogP contribution in [0.5, 0.6) is 11.5 Å². The lowest BCUT2D eigenvalue weighted by molar-refractivity contribution is -0.116. The van der Waals surface area contributed by atoms with Gasteiger partial charge in [0.05, 0.1) is 0 Å². The third kappa shape index (κ3) is 19.0. The van der Waals surface area contributed by atoms with Crippen molar-refractivity contribution in [3.8, 4) is 11.5 Å². The third-order valence-electron chi connectivity index (χ3n) is 6.76. The molecular weight excluding hydrogens is 434 g/mol. The van der Waals surface area contributed by atoms with E-state index in [2.05, 4.69) is 12.2 Å². The maximum atomic E-state index is 11.9. The first kappa shape index (κ1) is 31.1. The van der Waals surface area contributed by atoms with Crippen LogP contribution >= 0.6 is 0 Å². The number of benzene rings is 1. The Morgan fingerprint density at radius 2 is 1.09 bits per heavy atom. The van der Waals surface area contributed by atoms with E-state index in [1.54, 1.807) is 12.1 Å². The summed E-state index contributed by atoms with van der Waals surface area (Å²) in [4.78, 5) is 11.9. The van der Waals surface area contributed by atoms with Crippen LogP contribution in [0.4, 0.5) is 0 Å². The highest BCUT2D eigenvalue weighted by atomic mass is 16.3. The third-order valence-corrected chi connectivity index (χ3v) is 6.76. The molecule has 0 radical (unpaired) electrons. The van der Waals surface area contributed by atoms with E-state index in [-0.39, 0.29) is 17.4 Å². The zero-order chi connectivity index (χ0) is 25.4. The van der Waals surface area contributed by atoms with Gasteiger partial charge in [0, 0.05) is 12.6 Å². The first-order chi connectivity index (χ1) is 17.1. The molecule has 1 aromatic rings. The summed E-state index contributed by atoms with van der Waals surface area (Å²) < 4.78 is 0. The number of amides is 1. The summed E-state index contributed by atoms with van der Waals surface area (Å²) in [5.41, 5.74) is 0.675. The molecule has 1 rings (SSSR count). The van der Waals surface area contributed by atoms with Crippen LogP contribution in [0.25, 0.3) is 6.08 Å². The van der Waals surface area contributed by atoms with Gasteiger partial charge in [-0.05, 0) is 30.2 Å². The van der Waals surface area contributed by atoms with Crippen molar-refractivity contribution in [1.29, 1.82) is 0 Å². The number of phenolic OH excluding ortho intramolecular Hbond substituents is 2. The van der Waals surface area contributed by atoms with E-state index < -0.39 is 0 Å². The fraction of sp³-hybridized carbons (Fsp3) is 0.710. The summed E-state index contributed by atoms with van der Waals surface area (Å²) in [5.74, 6) is -0.474. The molecule has 0 bridgehead atoms. The molecule has 1 amide bonds. The lowest BCUT2D eigenvalue weighted by Gasteiger charge is -2.04. The van der Waals surface area contributed by atoms with Crippen molar-refractivity contribution in [2.75, 3.05) is 6.54 Å². The molecule has 0 aliphatic carbocycles. The Balaban J connectivity index is 1.79. The summed E-state index contributed by atoms with van der Waals surface area (Å²) in [5, 5.41) is 21.7. The van der Waals surface area contributed by atoms with Gasteiger partial charge in [0.2, 0.25) is 5.91 Å². The first-order valence-corrected chi connectivity index (χ1v) is 14.6. The van der Waals surface area contributed by atoms with Crippen LogP contribution in [0.1, 0.15) is 141 Å². The van der Waals surface area contributed by atoms with Gasteiger partial charge in [-0.1, -0.05) is 135 Å². The molecule has 0 spiro atoms. The smallest absolute Gasteiger partial charge is 0.243 e. The van der Waals surface area contributed by atoms with Gasteiger partial charge < -0.3 is 15.5 Å². The second-order valence-corrected chi connectivity index (χ2v) is 10.1. The predicted molar refractivity (Wildman–Crippen MR) is 150 cm³/mol. The van der Waals surface area contributed by atoms with Gasteiger partial charge in [-0.15, -0.1) is 0 Å². The molecule has 0 unspecified atom stereocenters. The summed E-state index contributed by atoms with van der Waals surface area (Å²) in [6.07, 6.45) is 30.5. The number of carbonyl (C=O) groups is 1. The second-order valence-electron chi connectivity index (χ2n) is 10.1. The van der Waals surface area contributed by atoms with Crippen LogP contribution in [-0.2, 0) is 4.79 Å². The minimum Gasteiger partial charge on any atom is -0.504 e. The number of rotatable bonds is 23. The van der Waals surface area contributed by atoms with Gasteiger partial charge in [-0.3, -0.25) is 4.79 Å². The molecule has 0 aromatic heterocycles. The Hall–Kier alpha value is -1.97. The van der Waals surface area contributed by atoms with Gasteiger partial charge in [-0.2, -0.15) is 0 Å². The molecule has 0 saturated heterocycles. The Bertz CT molecular complexity index is 671. The van der Waals surface area contributed by atoms with Crippen molar-refractivity contribution in [3.63, 3.8) is 0 Å². The van der Waals surface area contributed by atoms with Crippen LogP contribution < -0.4 is 5.32 Å². The van der Waals surface area contributed by atoms with E-state index in [1.165, 1.54) is 134 Å². The predicted octanol–water partition coefficient (Wildman–Crippen LogP) is 9.05. The van der Waals surface area contributed by atoms with Crippen molar-refractivity contribution in [1.82, 2.24) is 5.32 Å². The van der Waals surface area contributed by atoms with E-state index in [0.717, 1.165) is 12.8 Å². The number of unbranched alkanes of at least 4 members (excludes halogenated alkanes) is 19. The normalized spacial score (nSPS) is 11.3. The molecule has 0 aliphatic heterocycles. The van der Waals surface area contributed by atoms with Crippen molar-refractivity contribution in [3.05, 3.63) is 29.8 Å². The van der Waals surface area contributed by atoms with Gasteiger partial charge in [0.1, 0.15) is 0 Å². The standard InChI is InChI=1S/C31H53NO3/c1-2-3-4-5-6-7-8-9-10-11-12-13-14-15-16-17-18-19-20-21-26-32-31(35)25-23-28-22-24-29(33)30(34)27-28/h22-25,27,33-34H,2-21,26H2,1H3,(H,32,35)/b25-23+. The maximum absolute atomic E-state index is 11.9. The van der Waals surface area contributed by atoms with Crippen LogP contribution in [0.2, 0.25) is 0 Å². The fourth-order valence-corrected chi connectivity index (χ4v) is 4.47. The average molecular weight is 488 g/mol. The van der Waals surface area contributed by atoms with Crippen LogP contribution in [0.15, 0.2) is 24.3 Å². The Morgan fingerprint density at radius 1 is 0.657 bits per heavy atom. The van der Waals surface area contributed by atoms with Crippen molar-refractivity contribution >= 4 is 12.0 Å². The van der Waals surface area contributed by atoms with E-state index in [0.29, 0.717) is 12.1 Å². The van der Waals surface area contributed by atoms with Gasteiger partial charge in [0.15, 0.2) is 11.5 Å². The molecule has 0 atom stereocenters. The Labute approximate surface area is 215 Å². The molecule has 4 heteroatoms. The van der Waals surface area contributed by atoms with Crippen LogP contribution in [-0.4, -0.2) is 22.7 Å². The van der Waals surface area contributed by atoms with Gasteiger partial charge >= 0.3 is 0 Å². The van der Waals surface area contributed by atoms with Crippen LogP contribution in [0, 0.1) is 0 Å². The van der Waals surface area contributed by atoms with Crippen molar-refractivity contribution in [2.45, 2.75) is 135 Å². The van der Waals surface area contributed by atoms with E-state index in [9.17, 15) is 15.0 Å². The highest BCUT2D eigenvalue weighted by Gasteiger charge is 2.00. The fourth-order valence-electron chi connectivity index (χ4n) is 4.47. The monoisotopic (exact) mass is 487 g/mol. The molecule has 0 heterocycles. The summed E-state index contributed by atoms with van der Waals surface area (Å²) in [7, 11) is 0. The average Bonchev–Trinajstić information content (AvgIpc) is 2.85. The molecule has 0 saturated carbocycles. The molecule has 0 fully saturated rings. The number of phenols is 2. The number of carbonyl (C=O) groups excluding carboxylic acids is 1. The van der Waals surface area contributed by atoms with E-state index in [4.69, 9.17) is 0 Å². The van der Waals surface area contributed by atoms with Crippen molar-refractivity contribution < 1.29 is 15.0 Å². The second kappa shape index (κ2) is 22.5. The topological polar surface area (TPSA) is 69.6 Å². The maximum Gasteiger partial charge on any atom is 0.243 e. The summed E-state index contributed by atoms with van der Waals surface area (Å²) >= 11 is 0. The first-order valence-electron chi connectivity index (χ1n) is 14.6. The number of nitrogens with one attached hydrogen (secondary N) is 1. The van der Waals surface area contributed by atoms with Crippen LogP contribution in [0.3, 0.4) is 0 Å². The SMILES string of the molecule is CCCCCCCCCCCCCCCCCCCCCCNC(=O)/C=C/c1ccc(O)c(O)c1. The number of aromatic hydroxyl groups is 2. The number of hydrogen-bond donors (Lipinski definition) is 3. The zero-order valence-electron chi connectivity index (χ0n) is 22.5. The molecule has 4 nitrogen and oxygen atoms in total. The largest absolute Gasteiger partial charge is 0.504 e. The Kier molecular flexibility index (Phi) is 20.0. The molecular formula is C31H53NO3. The molecule has 0 aliphatic rings. The number of hydrogen-bond acceptors (Lipinski definition) is 3. The molecule has 3 N–H and O–H groups in total. The van der Waals surface area contributed by atoms with Gasteiger partial charge in [0.25, 0.3) is 0 Å². The quantitative estimate of drug-likeness (QED) is 0.0819. The summed E-state index contributed by atoms with van der Waals surface area (Å²) in [6, 6.07) is 4.49. The summed E-state index contributed by atoms with van der Waals surface area (Å²) in [6.45, 7) is 2.98. The lowest BCUT2D eigenvalue weighted by atomic mass is 10.0. The minimum absolute atomic E-state index is 0.129. The highest BCUT2D eigenvalue weighted by Crippen LogP contribution is 2.25. The minimum atomic E-state index is -0.183. The Morgan fingerprint density at radius 3 is 1.51 bits per heavy atom. The van der Waals surface area contributed by atoms with Gasteiger partial charge in [-0.25, -0.2) is 0 Å². The molecule has 35 heavy (non-hydrogen) atoms. The van der Waals surface area contributed by atoms with Crippen molar-refractivity contribution in [2.24, 2.45) is 0 Å². The highest BCUT2D eigenvalue weighted by molar-refractivity contribution is 5.91.